The lowest BCUT2D eigenvalue weighted by Gasteiger charge is -2.24. The van der Waals surface area contributed by atoms with Gasteiger partial charge in [0.1, 0.15) is 0 Å². The number of likely N-dealkylation sites (N-methyl/N-ethyl adjacent to an activating group) is 2. The Bertz CT molecular complexity index is 226. The Kier molecular flexibility index (Phi) is 3.45. The minimum absolute atomic E-state index is 0.0472. The maximum atomic E-state index is 11.6. The molecule has 0 aromatic carbocycles. The summed E-state index contributed by atoms with van der Waals surface area (Å²) in [6, 6.07) is 0. The van der Waals surface area contributed by atoms with Gasteiger partial charge in [-0.3, -0.25) is 9.63 Å². The van der Waals surface area contributed by atoms with Crippen molar-refractivity contribution in [3.63, 3.8) is 0 Å². The number of hydroxylamine groups is 2. The highest BCUT2D eigenvalue weighted by atomic mass is 16.7. The summed E-state index contributed by atoms with van der Waals surface area (Å²) >= 11 is 0. The lowest BCUT2D eigenvalue weighted by atomic mass is 10.1. The molecule has 4 heteroatoms. The molecule has 74 valence electrons. The van der Waals surface area contributed by atoms with Crippen molar-refractivity contribution in [2.24, 2.45) is 0 Å². The van der Waals surface area contributed by atoms with Crippen LogP contribution in [0.4, 0.5) is 0 Å². The number of hydrogen-bond acceptors (Lipinski definition) is 3. The van der Waals surface area contributed by atoms with E-state index in [9.17, 15) is 4.79 Å². The van der Waals surface area contributed by atoms with Crippen LogP contribution in [0, 0.1) is 0 Å². The summed E-state index contributed by atoms with van der Waals surface area (Å²) in [5.41, 5.74) is 0.818. The number of carbonyl (C=O) groups excluding carboxylic acids is 1. The minimum atomic E-state index is -0.0472. The molecule has 0 aliphatic carbocycles. The molecule has 1 amide bonds. The zero-order valence-electron chi connectivity index (χ0n) is 8.41. The zero-order chi connectivity index (χ0) is 9.84. The van der Waals surface area contributed by atoms with Crippen molar-refractivity contribution in [1.82, 2.24) is 9.96 Å². The van der Waals surface area contributed by atoms with Crippen LogP contribution in [0.3, 0.4) is 0 Å². The quantitative estimate of drug-likeness (QED) is 0.577. The molecule has 0 radical (unpaired) electrons. The molecule has 1 rings (SSSR count). The standard InChI is InChI=1S/C9H16N2O2/c1-10-6-4-5-8(7-10)9(12)11(2)13-3/h5H,4,6-7H2,1-3H3. The van der Waals surface area contributed by atoms with E-state index in [1.165, 1.54) is 12.2 Å². The molecule has 0 unspecified atom stereocenters. The molecule has 0 saturated carbocycles. The Morgan fingerprint density at radius 2 is 2.38 bits per heavy atom. The van der Waals surface area contributed by atoms with Gasteiger partial charge in [0.15, 0.2) is 0 Å². The van der Waals surface area contributed by atoms with E-state index in [4.69, 9.17) is 4.84 Å². The fraction of sp³-hybridized carbons (Fsp3) is 0.667. The Hall–Kier alpha value is -0.870. The first-order valence-corrected chi connectivity index (χ1v) is 4.35. The third-order valence-electron chi connectivity index (χ3n) is 2.18. The average Bonchev–Trinajstić information content (AvgIpc) is 2.15. The van der Waals surface area contributed by atoms with Crippen LogP contribution in [-0.2, 0) is 9.63 Å². The molecular formula is C9H16N2O2. The molecule has 0 atom stereocenters. The average molecular weight is 184 g/mol. The Balaban J connectivity index is 2.61. The minimum Gasteiger partial charge on any atom is -0.302 e. The molecule has 1 aliphatic heterocycles. The largest absolute Gasteiger partial charge is 0.302 e. The highest BCUT2D eigenvalue weighted by Crippen LogP contribution is 2.09. The van der Waals surface area contributed by atoms with Gasteiger partial charge in [-0.2, -0.15) is 0 Å². The summed E-state index contributed by atoms with van der Waals surface area (Å²) in [5.74, 6) is -0.0472. The maximum Gasteiger partial charge on any atom is 0.274 e. The Morgan fingerprint density at radius 3 is 2.92 bits per heavy atom. The molecule has 0 N–H and O–H groups in total. The molecule has 1 aliphatic rings. The maximum absolute atomic E-state index is 11.6. The fourth-order valence-corrected chi connectivity index (χ4v) is 1.33. The predicted molar refractivity (Wildman–Crippen MR) is 50.0 cm³/mol. The summed E-state index contributed by atoms with van der Waals surface area (Å²) in [5, 5.41) is 1.25. The number of rotatable bonds is 2. The predicted octanol–water partition coefficient (Wildman–Crippen LogP) is 0.268. The first-order chi connectivity index (χ1) is 6.15. The third kappa shape index (κ3) is 2.54. The second kappa shape index (κ2) is 4.39. The first kappa shape index (κ1) is 10.2. The molecule has 0 saturated heterocycles. The van der Waals surface area contributed by atoms with Gasteiger partial charge in [-0.05, 0) is 13.5 Å². The van der Waals surface area contributed by atoms with Crippen LogP contribution in [0.5, 0.6) is 0 Å². The molecule has 13 heavy (non-hydrogen) atoms. The second-order valence-electron chi connectivity index (χ2n) is 3.24. The van der Waals surface area contributed by atoms with Gasteiger partial charge in [0.2, 0.25) is 0 Å². The molecule has 0 bridgehead atoms. The number of carbonyl (C=O) groups is 1. The van der Waals surface area contributed by atoms with Crippen molar-refractivity contribution in [2.75, 3.05) is 34.3 Å². The molecular weight excluding hydrogens is 168 g/mol. The van der Waals surface area contributed by atoms with Gasteiger partial charge in [0.05, 0.1) is 7.11 Å². The first-order valence-electron chi connectivity index (χ1n) is 4.35. The molecule has 0 aromatic heterocycles. The highest BCUT2D eigenvalue weighted by molar-refractivity contribution is 5.93. The van der Waals surface area contributed by atoms with Crippen LogP contribution in [0.2, 0.25) is 0 Å². The van der Waals surface area contributed by atoms with Gasteiger partial charge < -0.3 is 4.90 Å². The second-order valence-corrected chi connectivity index (χ2v) is 3.24. The number of amides is 1. The summed E-state index contributed by atoms with van der Waals surface area (Å²) < 4.78 is 0. The van der Waals surface area contributed by atoms with E-state index in [1.807, 2.05) is 13.1 Å². The van der Waals surface area contributed by atoms with Gasteiger partial charge in [-0.1, -0.05) is 6.08 Å². The van der Waals surface area contributed by atoms with E-state index in [-0.39, 0.29) is 5.91 Å². The van der Waals surface area contributed by atoms with Crippen molar-refractivity contribution >= 4 is 5.91 Å². The van der Waals surface area contributed by atoms with Gasteiger partial charge in [0.25, 0.3) is 5.91 Å². The van der Waals surface area contributed by atoms with Gasteiger partial charge in [-0.25, -0.2) is 5.06 Å². The lowest BCUT2D eigenvalue weighted by Crippen LogP contribution is -2.35. The van der Waals surface area contributed by atoms with Crippen molar-refractivity contribution in [3.8, 4) is 0 Å². The van der Waals surface area contributed by atoms with Crippen molar-refractivity contribution < 1.29 is 9.63 Å². The van der Waals surface area contributed by atoms with Crippen LogP contribution < -0.4 is 0 Å². The molecule has 1 heterocycles. The summed E-state index contributed by atoms with van der Waals surface area (Å²) in [6.45, 7) is 1.74. The van der Waals surface area contributed by atoms with Gasteiger partial charge >= 0.3 is 0 Å². The van der Waals surface area contributed by atoms with Crippen molar-refractivity contribution in [2.45, 2.75) is 6.42 Å². The van der Waals surface area contributed by atoms with Crippen LogP contribution >= 0.6 is 0 Å². The lowest BCUT2D eigenvalue weighted by molar-refractivity contribution is -0.164. The van der Waals surface area contributed by atoms with Crippen LogP contribution in [0.25, 0.3) is 0 Å². The van der Waals surface area contributed by atoms with Gasteiger partial charge in [0, 0.05) is 25.7 Å². The van der Waals surface area contributed by atoms with E-state index in [2.05, 4.69) is 4.90 Å². The Labute approximate surface area is 78.7 Å². The van der Waals surface area contributed by atoms with E-state index in [0.29, 0.717) is 6.54 Å². The van der Waals surface area contributed by atoms with Gasteiger partial charge in [-0.15, -0.1) is 0 Å². The summed E-state index contributed by atoms with van der Waals surface area (Å²) in [7, 11) is 5.12. The Morgan fingerprint density at radius 1 is 1.69 bits per heavy atom. The smallest absolute Gasteiger partial charge is 0.274 e. The topological polar surface area (TPSA) is 32.8 Å². The molecule has 0 aromatic rings. The monoisotopic (exact) mass is 184 g/mol. The molecule has 4 nitrogen and oxygen atoms in total. The zero-order valence-corrected chi connectivity index (χ0v) is 8.41. The van der Waals surface area contributed by atoms with Crippen LogP contribution in [0.15, 0.2) is 11.6 Å². The van der Waals surface area contributed by atoms with Crippen molar-refractivity contribution in [1.29, 1.82) is 0 Å². The van der Waals surface area contributed by atoms with Crippen LogP contribution in [-0.4, -0.2) is 50.2 Å². The van der Waals surface area contributed by atoms with E-state index in [0.717, 1.165) is 18.5 Å². The number of hydrogen-bond donors (Lipinski definition) is 0. The highest BCUT2D eigenvalue weighted by Gasteiger charge is 2.18. The summed E-state index contributed by atoms with van der Waals surface area (Å²) in [6.07, 6.45) is 2.92. The van der Waals surface area contributed by atoms with Crippen molar-refractivity contribution in [3.05, 3.63) is 11.6 Å². The van der Waals surface area contributed by atoms with E-state index >= 15 is 0 Å². The summed E-state index contributed by atoms with van der Waals surface area (Å²) in [4.78, 5) is 18.5. The van der Waals surface area contributed by atoms with Crippen LogP contribution in [0.1, 0.15) is 6.42 Å². The third-order valence-corrected chi connectivity index (χ3v) is 2.18. The molecule has 0 spiro atoms. The fourth-order valence-electron chi connectivity index (χ4n) is 1.33. The van der Waals surface area contributed by atoms with E-state index in [1.54, 1.807) is 7.05 Å². The normalized spacial score (nSPS) is 18.2. The molecule has 0 fully saturated rings. The van der Waals surface area contributed by atoms with E-state index < -0.39 is 0 Å². The SMILES string of the molecule is CON(C)C(=O)C1=CCCN(C)C1. The number of nitrogens with zero attached hydrogens (tertiary/aromatic N) is 2.